The summed E-state index contributed by atoms with van der Waals surface area (Å²) in [6.45, 7) is 6.15. The summed E-state index contributed by atoms with van der Waals surface area (Å²) in [7, 11) is 0. The van der Waals surface area contributed by atoms with Crippen molar-refractivity contribution in [1.82, 2.24) is 0 Å². The van der Waals surface area contributed by atoms with Gasteiger partial charge in [0.25, 0.3) is 0 Å². The van der Waals surface area contributed by atoms with Gasteiger partial charge in [0.1, 0.15) is 5.75 Å². The molecule has 1 saturated carbocycles. The van der Waals surface area contributed by atoms with Crippen LogP contribution in [-0.4, -0.2) is 13.2 Å². The molecule has 0 spiro atoms. The number of rotatable bonds is 6. The van der Waals surface area contributed by atoms with E-state index >= 15 is 0 Å². The van der Waals surface area contributed by atoms with Crippen molar-refractivity contribution in [3.63, 3.8) is 0 Å². The molecule has 1 aromatic rings. The number of nitrogens with two attached hydrogens (primary N) is 1. The SMILES string of the molecule is CCCOc1cc(NCC2(C)CC2)ccc1N. The second-order valence-electron chi connectivity index (χ2n) is 5.27. The van der Waals surface area contributed by atoms with Crippen LogP contribution in [0.3, 0.4) is 0 Å². The average Bonchev–Trinajstić information content (AvgIpc) is 3.05. The van der Waals surface area contributed by atoms with Crippen LogP contribution in [0.5, 0.6) is 5.75 Å². The molecule has 0 heterocycles. The minimum Gasteiger partial charge on any atom is -0.491 e. The number of ether oxygens (including phenoxy) is 1. The van der Waals surface area contributed by atoms with E-state index in [1.165, 1.54) is 12.8 Å². The molecule has 3 nitrogen and oxygen atoms in total. The maximum atomic E-state index is 5.87. The van der Waals surface area contributed by atoms with E-state index in [1.54, 1.807) is 0 Å². The van der Waals surface area contributed by atoms with E-state index in [9.17, 15) is 0 Å². The Bertz CT molecular complexity index is 386. The van der Waals surface area contributed by atoms with Crippen LogP contribution in [0.1, 0.15) is 33.1 Å². The number of hydrogen-bond donors (Lipinski definition) is 2. The van der Waals surface area contributed by atoms with Gasteiger partial charge >= 0.3 is 0 Å². The summed E-state index contributed by atoms with van der Waals surface area (Å²) < 4.78 is 5.61. The molecule has 0 aliphatic heterocycles. The summed E-state index contributed by atoms with van der Waals surface area (Å²) in [6.07, 6.45) is 3.65. The molecule has 1 fully saturated rings. The average molecular weight is 234 g/mol. The van der Waals surface area contributed by atoms with E-state index in [1.807, 2.05) is 18.2 Å². The second-order valence-corrected chi connectivity index (χ2v) is 5.27. The second kappa shape index (κ2) is 4.86. The quantitative estimate of drug-likeness (QED) is 0.743. The van der Waals surface area contributed by atoms with Gasteiger partial charge < -0.3 is 15.8 Å². The third kappa shape index (κ3) is 3.29. The molecule has 0 amide bonds. The van der Waals surface area contributed by atoms with Crippen LogP contribution in [0.4, 0.5) is 11.4 Å². The summed E-state index contributed by atoms with van der Waals surface area (Å²) in [5, 5.41) is 3.46. The van der Waals surface area contributed by atoms with Gasteiger partial charge in [-0.1, -0.05) is 13.8 Å². The van der Waals surface area contributed by atoms with E-state index in [0.29, 0.717) is 17.7 Å². The van der Waals surface area contributed by atoms with Crippen LogP contribution in [0.15, 0.2) is 18.2 Å². The van der Waals surface area contributed by atoms with Gasteiger partial charge in [-0.05, 0) is 36.8 Å². The number of anilines is 2. The highest BCUT2D eigenvalue weighted by Crippen LogP contribution is 2.44. The Morgan fingerprint density at radius 1 is 1.41 bits per heavy atom. The predicted molar refractivity (Wildman–Crippen MR) is 72.5 cm³/mol. The molecule has 0 unspecified atom stereocenters. The van der Waals surface area contributed by atoms with Gasteiger partial charge in [0.2, 0.25) is 0 Å². The Morgan fingerprint density at radius 3 is 2.82 bits per heavy atom. The van der Waals surface area contributed by atoms with Crippen LogP contribution < -0.4 is 15.8 Å². The number of nitrogens with one attached hydrogen (secondary N) is 1. The van der Waals surface area contributed by atoms with Gasteiger partial charge in [0.05, 0.1) is 12.3 Å². The highest BCUT2D eigenvalue weighted by atomic mass is 16.5. The van der Waals surface area contributed by atoms with Gasteiger partial charge in [-0.25, -0.2) is 0 Å². The summed E-state index contributed by atoms with van der Waals surface area (Å²) >= 11 is 0. The van der Waals surface area contributed by atoms with Crippen molar-refractivity contribution in [2.45, 2.75) is 33.1 Å². The normalized spacial score (nSPS) is 16.6. The van der Waals surface area contributed by atoms with Crippen LogP contribution in [0.2, 0.25) is 0 Å². The lowest BCUT2D eigenvalue weighted by Crippen LogP contribution is -2.11. The Morgan fingerprint density at radius 2 is 2.18 bits per heavy atom. The molecule has 1 aliphatic rings. The maximum Gasteiger partial charge on any atom is 0.144 e. The molecule has 1 aromatic carbocycles. The number of nitrogen functional groups attached to an aromatic ring is 1. The Hall–Kier alpha value is -1.38. The van der Waals surface area contributed by atoms with Crippen molar-refractivity contribution in [1.29, 1.82) is 0 Å². The third-order valence-electron chi connectivity index (χ3n) is 3.30. The Balaban J connectivity index is 1.97. The van der Waals surface area contributed by atoms with Crippen LogP contribution in [0.25, 0.3) is 0 Å². The van der Waals surface area contributed by atoms with Crippen molar-refractivity contribution >= 4 is 11.4 Å². The molecule has 0 radical (unpaired) electrons. The molecule has 0 aromatic heterocycles. The van der Waals surface area contributed by atoms with E-state index in [0.717, 1.165) is 24.4 Å². The molecule has 3 N–H and O–H groups in total. The van der Waals surface area contributed by atoms with E-state index in [4.69, 9.17) is 10.5 Å². The first-order valence-electron chi connectivity index (χ1n) is 6.39. The molecule has 94 valence electrons. The summed E-state index contributed by atoms with van der Waals surface area (Å²) in [5.41, 5.74) is 8.18. The van der Waals surface area contributed by atoms with Gasteiger partial charge in [-0.3, -0.25) is 0 Å². The Labute approximate surface area is 103 Å². The highest BCUT2D eigenvalue weighted by molar-refractivity contribution is 5.61. The molecular formula is C14H22N2O. The summed E-state index contributed by atoms with van der Waals surface area (Å²) in [6, 6.07) is 5.92. The number of benzene rings is 1. The molecule has 0 bridgehead atoms. The van der Waals surface area contributed by atoms with Crippen LogP contribution >= 0.6 is 0 Å². The largest absolute Gasteiger partial charge is 0.491 e. The zero-order valence-electron chi connectivity index (χ0n) is 10.8. The molecule has 0 saturated heterocycles. The summed E-state index contributed by atoms with van der Waals surface area (Å²) in [4.78, 5) is 0. The van der Waals surface area contributed by atoms with Gasteiger partial charge in [0, 0.05) is 18.3 Å². The lowest BCUT2D eigenvalue weighted by Gasteiger charge is -2.14. The van der Waals surface area contributed by atoms with Crippen molar-refractivity contribution < 1.29 is 4.74 Å². The molecule has 0 atom stereocenters. The molecule has 3 heteroatoms. The lowest BCUT2D eigenvalue weighted by atomic mass is 10.1. The number of hydrogen-bond acceptors (Lipinski definition) is 3. The zero-order chi connectivity index (χ0) is 12.3. The van der Waals surface area contributed by atoms with E-state index in [2.05, 4.69) is 19.2 Å². The minimum absolute atomic E-state index is 0.506. The third-order valence-corrected chi connectivity index (χ3v) is 3.30. The Kier molecular flexibility index (Phi) is 3.46. The fourth-order valence-electron chi connectivity index (χ4n) is 1.69. The minimum atomic E-state index is 0.506. The zero-order valence-corrected chi connectivity index (χ0v) is 10.8. The predicted octanol–water partition coefficient (Wildman–Crippen LogP) is 3.27. The van der Waals surface area contributed by atoms with Crippen molar-refractivity contribution in [2.75, 3.05) is 24.2 Å². The molecule has 2 rings (SSSR count). The first kappa shape index (κ1) is 12.1. The summed E-state index contributed by atoms with van der Waals surface area (Å²) in [5.74, 6) is 0.790. The van der Waals surface area contributed by atoms with Crippen LogP contribution in [0, 0.1) is 5.41 Å². The van der Waals surface area contributed by atoms with Gasteiger partial charge in [-0.2, -0.15) is 0 Å². The van der Waals surface area contributed by atoms with Crippen LogP contribution in [-0.2, 0) is 0 Å². The van der Waals surface area contributed by atoms with Crippen molar-refractivity contribution in [3.05, 3.63) is 18.2 Å². The first-order valence-corrected chi connectivity index (χ1v) is 6.39. The highest BCUT2D eigenvalue weighted by Gasteiger charge is 2.36. The standard InChI is InChI=1S/C14H22N2O/c1-3-8-17-13-9-11(4-5-12(13)15)16-10-14(2)6-7-14/h4-5,9,16H,3,6-8,10,15H2,1-2H3. The topological polar surface area (TPSA) is 47.3 Å². The van der Waals surface area contributed by atoms with E-state index < -0.39 is 0 Å². The van der Waals surface area contributed by atoms with Crippen molar-refractivity contribution in [2.24, 2.45) is 5.41 Å². The van der Waals surface area contributed by atoms with Gasteiger partial charge in [-0.15, -0.1) is 0 Å². The molecule has 17 heavy (non-hydrogen) atoms. The van der Waals surface area contributed by atoms with Gasteiger partial charge in [0.15, 0.2) is 0 Å². The monoisotopic (exact) mass is 234 g/mol. The fraction of sp³-hybridized carbons (Fsp3) is 0.571. The smallest absolute Gasteiger partial charge is 0.144 e. The first-order chi connectivity index (χ1) is 8.13. The fourth-order valence-corrected chi connectivity index (χ4v) is 1.69. The lowest BCUT2D eigenvalue weighted by molar-refractivity contribution is 0.319. The molecule has 1 aliphatic carbocycles. The van der Waals surface area contributed by atoms with Crippen molar-refractivity contribution in [3.8, 4) is 5.75 Å². The molecular weight excluding hydrogens is 212 g/mol. The van der Waals surface area contributed by atoms with E-state index in [-0.39, 0.29) is 0 Å². The maximum absolute atomic E-state index is 5.87.